The zero-order valence-corrected chi connectivity index (χ0v) is 12.3. The van der Waals surface area contributed by atoms with Crippen LogP contribution in [0.2, 0.25) is 0 Å². The van der Waals surface area contributed by atoms with E-state index in [0.717, 1.165) is 17.5 Å². The number of aliphatic hydroxyl groups excluding tert-OH is 1. The zero-order chi connectivity index (χ0) is 15.4. The summed E-state index contributed by atoms with van der Waals surface area (Å²) in [6.07, 6.45) is -0.911. The van der Waals surface area contributed by atoms with Crippen molar-refractivity contribution in [2.24, 2.45) is 0 Å². The molecule has 0 aromatic heterocycles. The Kier molecular flexibility index (Phi) is 4.39. The van der Waals surface area contributed by atoms with Gasteiger partial charge in [-0.3, -0.25) is 0 Å². The molecule has 0 bridgehead atoms. The Labute approximate surface area is 130 Å². The molecular weight excluding hydrogens is 278 g/mol. The van der Waals surface area contributed by atoms with Crippen molar-refractivity contribution in [2.75, 3.05) is 13.1 Å². The molecule has 0 radical (unpaired) electrons. The summed E-state index contributed by atoms with van der Waals surface area (Å²) in [5.41, 5.74) is 1.99. The summed E-state index contributed by atoms with van der Waals surface area (Å²) >= 11 is 0. The number of β-amino-alcohol motifs (C(OH)–C–C–N with tert-alkyl or cyclic N) is 1. The molecule has 0 aliphatic carbocycles. The van der Waals surface area contributed by atoms with E-state index in [1.807, 2.05) is 60.7 Å². The summed E-state index contributed by atoms with van der Waals surface area (Å²) < 4.78 is 5.42. The van der Waals surface area contributed by atoms with E-state index in [-0.39, 0.29) is 6.09 Å². The first-order chi connectivity index (χ1) is 10.7. The summed E-state index contributed by atoms with van der Waals surface area (Å²) in [5.74, 6) is 0. The minimum absolute atomic E-state index is 0.297. The van der Waals surface area contributed by atoms with E-state index >= 15 is 0 Å². The number of nitrogens with zero attached hydrogens (tertiary/aromatic N) is 1. The second-order valence-electron chi connectivity index (χ2n) is 5.46. The third kappa shape index (κ3) is 3.28. The molecule has 1 N–H and O–H groups in total. The number of carbonyl (C=O) groups is 1. The molecule has 22 heavy (non-hydrogen) atoms. The van der Waals surface area contributed by atoms with Crippen LogP contribution < -0.4 is 0 Å². The number of carbonyl (C=O) groups excluding carboxylic acids is 1. The summed E-state index contributed by atoms with van der Waals surface area (Å²) in [6.45, 7) is 0.840. The topological polar surface area (TPSA) is 49.8 Å². The molecule has 1 saturated heterocycles. The number of hydrogen-bond acceptors (Lipinski definition) is 3. The minimum atomic E-state index is -0.712. The van der Waals surface area contributed by atoms with E-state index in [4.69, 9.17) is 4.74 Å². The van der Waals surface area contributed by atoms with Crippen LogP contribution in [-0.2, 0) is 11.2 Å². The van der Waals surface area contributed by atoms with Crippen molar-refractivity contribution < 1.29 is 14.6 Å². The average molecular weight is 297 g/mol. The third-order valence-corrected chi connectivity index (χ3v) is 3.88. The Morgan fingerprint density at radius 3 is 2.36 bits per heavy atom. The van der Waals surface area contributed by atoms with Gasteiger partial charge in [-0.2, -0.15) is 0 Å². The molecule has 0 spiro atoms. The van der Waals surface area contributed by atoms with Crippen LogP contribution in [0.4, 0.5) is 4.79 Å². The maximum absolute atomic E-state index is 12.1. The van der Waals surface area contributed by atoms with Gasteiger partial charge in [0.2, 0.25) is 0 Å². The smallest absolute Gasteiger partial charge is 0.410 e. The predicted molar refractivity (Wildman–Crippen MR) is 83.4 cm³/mol. The van der Waals surface area contributed by atoms with Crippen molar-refractivity contribution in [1.29, 1.82) is 0 Å². The molecule has 2 atom stereocenters. The third-order valence-electron chi connectivity index (χ3n) is 3.88. The van der Waals surface area contributed by atoms with Gasteiger partial charge in [-0.25, -0.2) is 4.79 Å². The van der Waals surface area contributed by atoms with E-state index in [2.05, 4.69) is 0 Å². The van der Waals surface area contributed by atoms with Gasteiger partial charge in [-0.15, -0.1) is 0 Å². The fourth-order valence-corrected chi connectivity index (χ4v) is 2.68. The van der Waals surface area contributed by atoms with Gasteiger partial charge in [0.1, 0.15) is 6.10 Å². The number of amides is 1. The van der Waals surface area contributed by atoms with Crippen LogP contribution in [0.15, 0.2) is 60.7 Å². The highest BCUT2D eigenvalue weighted by Crippen LogP contribution is 2.27. The average Bonchev–Trinajstić information content (AvgIpc) is 2.57. The van der Waals surface area contributed by atoms with E-state index in [0.29, 0.717) is 13.1 Å². The second kappa shape index (κ2) is 6.62. The molecule has 2 aromatic carbocycles. The van der Waals surface area contributed by atoms with E-state index in [9.17, 15) is 9.90 Å². The van der Waals surface area contributed by atoms with Crippen molar-refractivity contribution in [1.82, 2.24) is 4.90 Å². The molecule has 1 fully saturated rings. The van der Waals surface area contributed by atoms with Crippen LogP contribution in [0.3, 0.4) is 0 Å². The molecule has 4 nitrogen and oxygen atoms in total. The fourth-order valence-electron chi connectivity index (χ4n) is 2.68. The Morgan fingerprint density at radius 2 is 1.68 bits per heavy atom. The fraction of sp³-hybridized carbons (Fsp3) is 0.278. The molecule has 0 saturated carbocycles. The molecule has 4 heteroatoms. The van der Waals surface area contributed by atoms with Crippen LogP contribution in [0.1, 0.15) is 17.2 Å². The van der Waals surface area contributed by atoms with E-state index in [1.54, 1.807) is 4.90 Å². The number of rotatable bonds is 4. The lowest BCUT2D eigenvalue weighted by Gasteiger charge is -2.35. The highest BCUT2D eigenvalue weighted by Gasteiger charge is 2.35. The number of cyclic esters (lactones) is 1. The van der Waals surface area contributed by atoms with Gasteiger partial charge in [-0.05, 0) is 17.5 Å². The first-order valence-corrected chi connectivity index (χ1v) is 7.46. The molecule has 1 aliphatic rings. The standard InChI is InChI=1S/C18H19NO3/c20-16-13-19(12-11-14-7-3-1-4-8-14)18(21)22-17(16)15-9-5-2-6-10-15/h1-10,16-17,20H,11-13H2/t16-,17+/m1/s1. The van der Waals surface area contributed by atoms with Gasteiger partial charge in [0, 0.05) is 6.54 Å². The Hall–Kier alpha value is -2.33. The van der Waals surface area contributed by atoms with Crippen LogP contribution in [0.5, 0.6) is 0 Å². The van der Waals surface area contributed by atoms with Crippen LogP contribution in [-0.4, -0.2) is 35.3 Å². The van der Waals surface area contributed by atoms with Gasteiger partial charge < -0.3 is 14.7 Å². The first-order valence-electron chi connectivity index (χ1n) is 7.46. The quantitative estimate of drug-likeness (QED) is 0.944. The van der Waals surface area contributed by atoms with Gasteiger partial charge in [-0.1, -0.05) is 60.7 Å². The summed E-state index contributed by atoms with van der Waals surface area (Å²) in [6, 6.07) is 19.3. The molecule has 1 aliphatic heterocycles. The number of benzene rings is 2. The maximum atomic E-state index is 12.1. The molecule has 1 amide bonds. The van der Waals surface area contributed by atoms with Gasteiger partial charge >= 0.3 is 6.09 Å². The first kappa shape index (κ1) is 14.6. The Morgan fingerprint density at radius 1 is 1.05 bits per heavy atom. The molecule has 1 heterocycles. The van der Waals surface area contributed by atoms with Crippen LogP contribution in [0, 0.1) is 0 Å². The molecule has 2 aromatic rings. The molecule has 114 valence electrons. The largest absolute Gasteiger partial charge is 0.438 e. The number of aliphatic hydroxyl groups is 1. The molecule has 0 unspecified atom stereocenters. The predicted octanol–water partition coefficient (Wildman–Crippen LogP) is 2.78. The van der Waals surface area contributed by atoms with Gasteiger partial charge in [0.15, 0.2) is 6.10 Å². The molecule has 3 rings (SSSR count). The summed E-state index contributed by atoms with van der Waals surface area (Å²) in [7, 11) is 0. The lowest BCUT2D eigenvalue weighted by molar-refractivity contribution is -0.0598. The lowest BCUT2D eigenvalue weighted by atomic mass is 10.0. The summed E-state index contributed by atoms with van der Waals surface area (Å²) in [4.78, 5) is 13.7. The van der Waals surface area contributed by atoms with Crippen LogP contribution >= 0.6 is 0 Å². The maximum Gasteiger partial charge on any atom is 0.410 e. The SMILES string of the molecule is O=C1O[C@@H](c2ccccc2)[C@H](O)CN1CCc1ccccc1. The summed E-state index contributed by atoms with van der Waals surface area (Å²) in [5, 5.41) is 10.3. The zero-order valence-electron chi connectivity index (χ0n) is 12.3. The number of hydrogen-bond donors (Lipinski definition) is 1. The Bertz CT molecular complexity index is 615. The van der Waals surface area contributed by atoms with Crippen molar-refractivity contribution in [3.8, 4) is 0 Å². The van der Waals surface area contributed by atoms with Crippen LogP contribution in [0.25, 0.3) is 0 Å². The second-order valence-corrected chi connectivity index (χ2v) is 5.46. The molecular formula is C18H19NO3. The minimum Gasteiger partial charge on any atom is -0.438 e. The lowest BCUT2D eigenvalue weighted by Crippen LogP contribution is -2.48. The normalized spacial score (nSPS) is 21.5. The monoisotopic (exact) mass is 297 g/mol. The van der Waals surface area contributed by atoms with Crippen molar-refractivity contribution in [2.45, 2.75) is 18.6 Å². The van der Waals surface area contributed by atoms with E-state index in [1.165, 1.54) is 0 Å². The van der Waals surface area contributed by atoms with E-state index < -0.39 is 12.2 Å². The van der Waals surface area contributed by atoms with Gasteiger partial charge in [0.25, 0.3) is 0 Å². The van der Waals surface area contributed by atoms with Crippen molar-refractivity contribution in [3.63, 3.8) is 0 Å². The number of ether oxygens (including phenoxy) is 1. The highest BCUT2D eigenvalue weighted by atomic mass is 16.6. The highest BCUT2D eigenvalue weighted by molar-refractivity contribution is 5.69. The van der Waals surface area contributed by atoms with Crippen molar-refractivity contribution in [3.05, 3.63) is 71.8 Å². The van der Waals surface area contributed by atoms with Gasteiger partial charge in [0.05, 0.1) is 6.54 Å². The Balaban J connectivity index is 1.62. The van der Waals surface area contributed by atoms with Crippen molar-refractivity contribution >= 4 is 6.09 Å².